The van der Waals surface area contributed by atoms with Crippen LogP contribution in [0.5, 0.6) is 0 Å². The summed E-state index contributed by atoms with van der Waals surface area (Å²) in [5.41, 5.74) is -0.204. The first-order chi connectivity index (χ1) is 6.22. The Balaban J connectivity index is 2.54. The number of ether oxygens (including phenoxy) is 1. The molecule has 0 amide bonds. The smallest absolute Gasteiger partial charge is 0.264 e. The minimum Gasteiger partial charge on any atom is -0.383 e. The highest BCUT2D eigenvalue weighted by Crippen LogP contribution is 1.99. The third-order valence-electron chi connectivity index (χ3n) is 1.49. The highest BCUT2D eigenvalue weighted by molar-refractivity contribution is 5.32. The normalized spacial score (nSPS) is 12.5. The lowest BCUT2D eigenvalue weighted by molar-refractivity contribution is 0.190. The van der Waals surface area contributed by atoms with Gasteiger partial charge in [-0.05, 0) is 13.0 Å². The van der Waals surface area contributed by atoms with E-state index in [1.165, 1.54) is 6.07 Å². The number of H-pyrrole nitrogens is 1. The van der Waals surface area contributed by atoms with Gasteiger partial charge >= 0.3 is 0 Å². The molecule has 1 aromatic rings. The van der Waals surface area contributed by atoms with Gasteiger partial charge in [-0.3, -0.25) is 4.79 Å². The van der Waals surface area contributed by atoms with E-state index >= 15 is 0 Å². The van der Waals surface area contributed by atoms with E-state index in [9.17, 15) is 4.79 Å². The Labute approximate surface area is 76.1 Å². The summed E-state index contributed by atoms with van der Waals surface area (Å²) >= 11 is 0. The molecule has 13 heavy (non-hydrogen) atoms. The first-order valence-electron chi connectivity index (χ1n) is 4.03. The van der Waals surface area contributed by atoms with Crippen molar-refractivity contribution in [2.75, 3.05) is 19.0 Å². The lowest BCUT2D eigenvalue weighted by Gasteiger charge is -2.12. The number of methoxy groups -OCH3 is 1. The summed E-state index contributed by atoms with van der Waals surface area (Å²) in [4.78, 5) is 10.7. The van der Waals surface area contributed by atoms with Gasteiger partial charge in [0.15, 0.2) is 0 Å². The van der Waals surface area contributed by atoms with Crippen molar-refractivity contribution in [1.29, 1.82) is 0 Å². The van der Waals surface area contributed by atoms with Gasteiger partial charge in [-0.2, -0.15) is 5.10 Å². The van der Waals surface area contributed by atoms with Gasteiger partial charge in [-0.25, -0.2) is 5.10 Å². The molecule has 2 N–H and O–H groups in total. The van der Waals surface area contributed by atoms with Gasteiger partial charge in [-0.1, -0.05) is 0 Å². The Morgan fingerprint density at radius 3 is 3.00 bits per heavy atom. The van der Waals surface area contributed by atoms with Crippen LogP contribution in [0.25, 0.3) is 0 Å². The molecule has 1 heterocycles. The number of aromatic amines is 1. The van der Waals surface area contributed by atoms with Crippen molar-refractivity contribution < 1.29 is 4.74 Å². The van der Waals surface area contributed by atoms with Gasteiger partial charge in [0.1, 0.15) is 5.82 Å². The highest BCUT2D eigenvalue weighted by atomic mass is 16.5. The second-order valence-corrected chi connectivity index (χ2v) is 2.81. The molecular weight excluding hydrogens is 170 g/mol. The molecule has 0 fully saturated rings. The predicted molar refractivity (Wildman–Crippen MR) is 49.8 cm³/mol. The molecule has 0 bridgehead atoms. The van der Waals surface area contributed by atoms with Crippen molar-refractivity contribution in [3.05, 3.63) is 22.5 Å². The number of hydrogen-bond acceptors (Lipinski definition) is 4. The summed E-state index contributed by atoms with van der Waals surface area (Å²) in [6.07, 6.45) is 0. The molecule has 1 unspecified atom stereocenters. The first-order valence-corrected chi connectivity index (χ1v) is 4.03. The van der Waals surface area contributed by atoms with Gasteiger partial charge < -0.3 is 10.1 Å². The number of aromatic nitrogens is 2. The van der Waals surface area contributed by atoms with Crippen molar-refractivity contribution in [3.8, 4) is 0 Å². The third kappa shape index (κ3) is 3.25. The largest absolute Gasteiger partial charge is 0.383 e. The minimum atomic E-state index is -0.204. The summed E-state index contributed by atoms with van der Waals surface area (Å²) in [6, 6.07) is 3.23. The van der Waals surface area contributed by atoms with E-state index in [2.05, 4.69) is 15.5 Å². The van der Waals surface area contributed by atoms with Crippen molar-refractivity contribution in [1.82, 2.24) is 10.2 Å². The fraction of sp³-hybridized carbons (Fsp3) is 0.500. The zero-order valence-corrected chi connectivity index (χ0v) is 7.70. The summed E-state index contributed by atoms with van der Waals surface area (Å²) in [5, 5.41) is 9.20. The molecule has 1 atom stereocenters. The van der Waals surface area contributed by atoms with Crippen LogP contribution >= 0.6 is 0 Å². The van der Waals surface area contributed by atoms with Crippen LogP contribution in [0.15, 0.2) is 16.9 Å². The summed E-state index contributed by atoms with van der Waals surface area (Å²) < 4.78 is 4.94. The fourth-order valence-electron chi connectivity index (χ4n) is 0.969. The van der Waals surface area contributed by atoms with E-state index in [1.54, 1.807) is 13.2 Å². The number of anilines is 1. The maximum absolute atomic E-state index is 10.7. The second kappa shape index (κ2) is 4.61. The quantitative estimate of drug-likeness (QED) is 0.700. The SMILES string of the molecule is COCC(C)Nc1ccc(=O)[nH]n1. The van der Waals surface area contributed by atoms with Crippen LogP contribution in [0.1, 0.15) is 6.92 Å². The lowest BCUT2D eigenvalue weighted by Crippen LogP contribution is -2.22. The molecule has 0 saturated carbocycles. The molecule has 1 rings (SSSR count). The van der Waals surface area contributed by atoms with E-state index in [4.69, 9.17) is 4.74 Å². The molecule has 0 aliphatic carbocycles. The standard InChI is InChI=1S/C8H13N3O2/c1-6(5-13-2)9-7-3-4-8(12)11-10-7/h3-4,6H,5H2,1-2H3,(H,9,10)(H,11,12). The molecule has 0 aromatic carbocycles. The highest BCUT2D eigenvalue weighted by Gasteiger charge is 2.01. The maximum atomic E-state index is 10.7. The molecule has 72 valence electrons. The number of rotatable bonds is 4. The van der Waals surface area contributed by atoms with Crippen LogP contribution in [0.3, 0.4) is 0 Å². The second-order valence-electron chi connectivity index (χ2n) is 2.81. The Kier molecular flexibility index (Phi) is 3.45. The van der Waals surface area contributed by atoms with E-state index in [1.807, 2.05) is 6.92 Å². The van der Waals surface area contributed by atoms with Gasteiger partial charge in [-0.15, -0.1) is 0 Å². The van der Waals surface area contributed by atoms with Crippen LogP contribution in [-0.2, 0) is 4.74 Å². The molecular formula is C8H13N3O2. The van der Waals surface area contributed by atoms with Crippen LogP contribution in [0, 0.1) is 0 Å². The zero-order valence-electron chi connectivity index (χ0n) is 7.70. The average molecular weight is 183 g/mol. The van der Waals surface area contributed by atoms with Crippen molar-refractivity contribution in [3.63, 3.8) is 0 Å². The van der Waals surface area contributed by atoms with E-state index in [-0.39, 0.29) is 11.6 Å². The molecule has 0 aliphatic heterocycles. The first kappa shape index (κ1) is 9.73. The van der Waals surface area contributed by atoms with E-state index < -0.39 is 0 Å². The molecule has 0 spiro atoms. The summed E-state index contributed by atoms with van der Waals surface area (Å²) in [6.45, 7) is 2.57. The van der Waals surface area contributed by atoms with E-state index in [0.29, 0.717) is 12.4 Å². The van der Waals surface area contributed by atoms with Gasteiger partial charge in [0, 0.05) is 19.2 Å². The number of hydrogen-bond donors (Lipinski definition) is 2. The van der Waals surface area contributed by atoms with Crippen molar-refractivity contribution in [2.24, 2.45) is 0 Å². The molecule has 5 nitrogen and oxygen atoms in total. The topological polar surface area (TPSA) is 67.0 Å². The van der Waals surface area contributed by atoms with Crippen LogP contribution < -0.4 is 10.9 Å². The van der Waals surface area contributed by atoms with Crippen molar-refractivity contribution >= 4 is 5.82 Å². The number of nitrogens with one attached hydrogen (secondary N) is 2. The minimum absolute atomic E-state index is 0.170. The summed E-state index contributed by atoms with van der Waals surface area (Å²) in [5.74, 6) is 0.643. The Bertz CT molecular complexity index is 290. The van der Waals surface area contributed by atoms with Crippen molar-refractivity contribution in [2.45, 2.75) is 13.0 Å². The van der Waals surface area contributed by atoms with Gasteiger partial charge in [0.25, 0.3) is 5.56 Å². The predicted octanol–water partition coefficient (Wildman–Crippen LogP) is 0.217. The molecule has 0 radical (unpaired) electrons. The lowest BCUT2D eigenvalue weighted by atomic mass is 10.3. The Hall–Kier alpha value is -1.36. The summed E-state index contributed by atoms with van der Waals surface area (Å²) in [7, 11) is 1.64. The van der Waals surface area contributed by atoms with Gasteiger partial charge in [0.05, 0.1) is 6.61 Å². The van der Waals surface area contributed by atoms with Gasteiger partial charge in [0.2, 0.25) is 0 Å². The van der Waals surface area contributed by atoms with Crippen LogP contribution in [0.2, 0.25) is 0 Å². The molecule has 0 aliphatic rings. The molecule has 1 aromatic heterocycles. The maximum Gasteiger partial charge on any atom is 0.264 e. The molecule has 5 heteroatoms. The third-order valence-corrected chi connectivity index (χ3v) is 1.49. The zero-order chi connectivity index (χ0) is 9.68. The monoisotopic (exact) mass is 183 g/mol. The number of nitrogens with zero attached hydrogens (tertiary/aromatic N) is 1. The van der Waals surface area contributed by atoms with Crippen LogP contribution in [0.4, 0.5) is 5.82 Å². The van der Waals surface area contributed by atoms with E-state index in [0.717, 1.165) is 0 Å². The Morgan fingerprint density at radius 1 is 1.69 bits per heavy atom. The molecule has 0 saturated heterocycles. The fourth-order valence-corrected chi connectivity index (χ4v) is 0.969. The Morgan fingerprint density at radius 2 is 2.46 bits per heavy atom. The van der Waals surface area contributed by atoms with Crippen LogP contribution in [-0.4, -0.2) is 30.0 Å². The average Bonchev–Trinajstić information content (AvgIpc) is 2.09.